The van der Waals surface area contributed by atoms with Crippen molar-refractivity contribution in [1.29, 1.82) is 0 Å². The molecule has 0 aliphatic carbocycles. The van der Waals surface area contributed by atoms with Crippen LogP contribution in [0.25, 0.3) is 0 Å². The van der Waals surface area contributed by atoms with Crippen molar-refractivity contribution in [2.45, 2.75) is 32.9 Å². The molecular weight excluding hydrogens is 204 g/mol. The first-order valence-corrected chi connectivity index (χ1v) is 5.39. The number of rotatable bonds is 5. The molecule has 1 heterocycles. The van der Waals surface area contributed by atoms with Gasteiger partial charge in [0.15, 0.2) is 0 Å². The summed E-state index contributed by atoms with van der Waals surface area (Å²) in [4.78, 5) is 17.1. The average molecular weight is 222 g/mol. The first-order chi connectivity index (χ1) is 7.56. The standard InChI is InChI=1S/C12H18N2O2/c1-4-11(12(15)16)14(3)8-10-9(2)6-5-7-13-10/h5-7,11H,4,8H2,1-3H3,(H,15,16). The van der Waals surface area contributed by atoms with E-state index in [9.17, 15) is 4.79 Å². The zero-order valence-electron chi connectivity index (χ0n) is 9.97. The second-order valence-electron chi connectivity index (χ2n) is 3.94. The number of carboxylic acids is 1. The van der Waals surface area contributed by atoms with Crippen molar-refractivity contribution >= 4 is 5.97 Å². The maximum atomic E-state index is 11.0. The molecule has 0 fully saturated rings. The molecule has 0 aliphatic heterocycles. The van der Waals surface area contributed by atoms with Crippen LogP contribution in [0, 0.1) is 6.92 Å². The van der Waals surface area contributed by atoms with E-state index in [0.29, 0.717) is 13.0 Å². The van der Waals surface area contributed by atoms with Crippen molar-refractivity contribution in [3.8, 4) is 0 Å². The molecule has 16 heavy (non-hydrogen) atoms. The third-order valence-corrected chi connectivity index (χ3v) is 2.72. The summed E-state index contributed by atoms with van der Waals surface area (Å²) in [5.74, 6) is -0.779. The fraction of sp³-hybridized carbons (Fsp3) is 0.500. The Balaban J connectivity index is 2.74. The number of likely N-dealkylation sites (N-methyl/N-ethyl adjacent to an activating group) is 1. The van der Waals surface area contributed by atoms with Crippen LogP contribution >= 0.6 is 0 Å². The van der Waals surface area contributed by atoms with Crippen LogP contribution in [-0.2, 0) is 11.3 Å². The van der Waals surface area contributed by atoms with Gasteiger partial charge < -0.3 is 5.11 Å². The molecule has 1 rings (SSSR count). The molecule has 0 amide bonds. The first kappa shape index (κ1) is 12.6. The van der Waals surface area contributed by atoms with Crippen LogP contribution in [0.2, 0.25) is 0 Å². The molecule has 1 unspecified atom stereocenters. The highest BCUT2D eigenvalue weighted by atomic mass is 16.4. The van der Waals surface area contributed by atoms with Gasteiger partial charge in [-0.3, -0.25) is 14.7 Å². The van der Waals surface area contributed by atoms with Gasteiger partial charge in [0.05, 0.1) is 5.69 Å². The zero-order chi connectivity index (χ0) is 12.1. The maximum absolute atomic E-state index is 11.0. The lowest BCUT2D eigenvalue weighted by molar-refractivity contribution is -0.143. The van der Waals surface area contributed by atoms with Gasteiger partial charge in [-0.2, -0.15) is 0 Å². The summed E-state index contributed by atoms with van der Waals surface area (Å²) < 4.78 is 0. The van der Waals surface area contributed by atoms with E-state index in [2.05, 4.69) is 4.98 Å². The summed E-state index contributed by atoms with van der Waals surface area (Å²) in [7, 11) is 1.82. The zero-order valence-corrected chi connectivity index (χ0v) is 9.97. The summed E-state index contributed by atoms with van der Waals surface area (Å²) in [6.45, 7) is 4.43. The number of nitrogens with zero attached hydrogens (tertiary/aromatic N) is 2. The highest BCUT2D eigenvalue weighted by molar-refractivity contribution is 5.73. The van der Waals surface area contributed by atoms with Crippen LogP contribution in [0.1, 0.15) is 24.6 Å². The van der Waals surface area contributed by atoms with Gasteiger partial charge in [-0.15, -0.1) is 0 Å². The second kappa shape index (κ2) is 5.61. The fourth-order valence-corrected chi connectivity index (χ4v) is 1.71. The van der Waals surface area contributed by atoms with E-state index in [1.807, 2.05) is 37.9 Å². The molecule has 0 saturated heterocycles. The van der Waals surface area contributed by atoms with Gasteiger partial charge >= 0.3 is 5.97 Å². The average Bonchev–Trinajstić information content (AvgIpc) is 2.22. The van der Waals surface area contributed by atoms with Crippen LogP contribution in [0.4, 0.5) is 0 Å². The predicted octanol–water partition coefficient (Wildman–Crippen LogP) is 1.69. The molecule has 1 atom stereocenters. The van der Waals surface area contributed by atoms with E-state index in [-0.39, 0.29) is 0 Å². The first-order valence-electron chi connectivity index (χ1n) is 5.39. The van der Waals surface area contributed by atoms with Crippen LogP contribution < -0.4 is 0 Å². The maximum Gasteiger partial charge on any atom is 0.320 e. The van der Waals surface area contributed by atoms with Gasteiger partial charge in [0.25, 0.3) is 0 Å². The Kier molecular flexibility index (Phi) is 4.43. The topological polar surface area (TPSA) is 53.4 Å². The molecule has 1 aromatic rings. The summed E-state index contributed by atoms with van der Waals surface area (Å²) in [6, 6.07) is 3.42. The Morgan fingerprint density at radius 3 is 2.81 bits per heavy atom. The smallest absolute Gasteiger partial charge is 0.320 e. The summed E-state index contributed by atoms with van der Waals surface area (Å²) in [5.41, 5.74) is 2.03. The van der Waals surface area contributed by atoms with Gasteiger partial charge in [-0.05, 0) is 32.0 Å². The lowest BCUT2D eigenvalue weighted by Crippen LogP contribution is -2.37. The molecule has 0 radical (unpaired) electrons. The van der Waals surface area contributed by atoms with Gasteiger partial charge in [0.1, 0.15) is 6.04 Å². The summed E-state index contributed by atoms with van der Waals surface area (Å²) in [6.07, 6.45) is 2.33. The molecule has 1 aromatic heterocycles. The minimum Gasteiger partial charge on any atom is -0.480 e. The van der Waals surface area contributed by atoms with Gasteiger partial charge in [-0.25, -0.2) is 0 Å². The highest BCUT2D eigenvalue weighted by Gasteiger charge is 2.20. The number of hydrogen-bond acceptors (Lipinski definition) is 3. The number of hydrogen-bond donors (Lipinski definition) is 1. The number of aryl methyl sites for hydroxylation is 1. The summed E-state index contributed by atoms with van der Waals surface area (Å²) >= 11 is 0. The third kappa shape index (κ3) is 3.03. The molecule has 1 N–H and O–H groups in total. The van der Waals surface area contributed by atoms with E-state index in [1.54, 1.807) is 6.20 Å². The summed E-state index contributed by atoms with van der Waals surface area (Å²) in [5, 5.41) is 9.03. The van der Waals surface area contributed by atoms with E-state index < -0.39 is 12.0 Å². The quantitative estimate of drug-likeness (QED) is 0.823. The molecule has 0 aliphatic rings. The highest BCUT2D eigenvalue weighted by Crippen LogP contribution is 2.10. The third-order valence-electron chi connectivity index (χ3n) is 2.72. The van der Waals surface area contributed by atoms with Crippen molar-refractivity contribution in [3.05, 3.63) is 29.6 Å². The van der Waals surface area contributed by atoms with Gasteiger partial charge in [0, 0.05) is 12.7 Å². The molecular formula is C12H18N2O2. The van der Waals surface area contributed by atoms with Crippen LogP contribution in [0.3, 0.4) is 0 Å². The Labute approximate surface area is 95.9 Å². The van der Waals surface area contributed by atoms with Crippen LogP contribution in [0.15, 0.2) is 18.3 Å². The lowest BCUT2D eigenvalue weighted by atomic mass is 10.1. The van der Waals surface area contributed by atoms with Crippen molar-refractivity contribution in [2.75, 3.05) is 7.05 Å². The molecule has 0 saturated carbocycles. The fourth-order valence-electron chi connectivity index (χ4n) is 1.71. The minimum atomic E-state index is -0.779. The molecule has 0 spiro atoms. The normalized spacial score (nSPS) is 12.8. The van der Waals surface area contributed by atoms with E-state index in [1.165, 1.54) is 0 Å². The number of aliphatic carboxylic acids is 1. The SMILES string of the molecule is CCC(C(=O)O)N(C)Cc1ncccc1C. The minimum absolute atomic E-state index is 0.443. The van der Waals surface area contributed by atoms with Crippen molar-refractivity contribution in [3.63, 3.8) is 0 Å². The van der Waals surface area contributed by atoms with Crippen molar-refractivity contribution in [2.24, 2.45) is 0 Å². The number of aromatic nitrogens is 1. The second-order valence-corrected chi connectivity index (χ2v) is 3.94. The predicted molar refractivity (Wildman–Crippen MR) is 62.2 cm³/mol. The number of pyridine rings is 1. The van der Waals surface area contributed by atoms with E-state index in [0.717, 1.165) is 11.3 Å². The van der Waals surface area contributed by atoms with Gasteiger partial charge in [-0.1, -0.05) is 13.0 Å². The Bertz CT molecular complexity index is 366. The van der Waals surface area contributed by atoms with E-state index >= 15 is 0 Å². The molecule has 88 valence electrons. The van der Waals surface area contributed by atoms with E-state index in [4.69, 9.17) is 5.11 Å². The van der Waals surface area contributed by atoms with Crippen LogP contribution in [0.5, 0.6) is 0 Å². The lowest BCUT2D eigenvalue weighted by Gasteiger charge is -2.23. The monoisotopic (exact) mass is 222 g/mol. The van der Waals surface area contributed by atoms with Crippen LogP contribution in [-0.4, -0.2) is 34.0 Å². The molecule has 4 nitrogen and oxygen atoms in total. The number of carboxylic acid groups (broad SMARTS) is 1. The number of carbonyl (C=O) groups is 1. The largest absolute Gasteiger partial charge is 0.480 e. The Morgan fingerprint density at radius 1 is 1.62 bits per heavy atom. The Hall–Kier alpha value is -1.42. The van der Waals surface area contributed by atoms with Gasteiger partial charge in [0.2, 0.25) is 0 Å². The van der Waals surface area contributed by atoms with Crippen molar-refractivity contribution < 1.29 is 9.90 Å². The van der Waals surface area contributed by atoms with Crippen molar-refractivity contribution in [1.82, 2.24) is 9.88 Å². The molecule has 0 aromatic carbocycles. The molecule has 0 bridgehead atoms. The Morgan fingerprint density at radius 2 is 2.31 bits per heavy atom. The molecule has 4 heteroatoms.